The SMILES string of the molecule is COC(=O)CC(=O)NC1COCC1C1CC1. The monoisotopic (exact) mass is 227 g/mol. The highest BCUT2D eigenvalue weighted by Crippen LogP contribution is 2.40. The Bertz CT molecular complexity index is 288. The van der Waals surface area contributed by atoms with Crippen molar-refractivity contribution in [3.8, 4) is 0 Å². The molecule has 0 aromatic carbocycles. The van der Waals surface area contributed by atoms with Gasteiger partial charge in [-0.25, -0.2) is 0 Å². The maximum absolute atomic E-state index is 11.5. The van der Waals surface area contributed by atoms with E-state index in [1.54, 1.807) is 0 Å². The van der Waals surface area contributed by atoms with Crippen LogP contribution in [0.15, 0.2) is 0 Å². The molecule has 0 aromatic rings. The van der Waals surface area contributed by atoms with Gasteiger partial charge in [-0.15, -0.1) is 0 Å². The van der Waals surface area contributed by atoms with Crippen molar-refractivity contribution in [2.45, 2.75) is 25.3 Å². The van der Waals surface area contributed by atoms with Crippen molar-refractivity contribution in [1.29, 1.82) is 0 Å². The van der Waals surface area contributed by atoms with E-state index in [1.807, 2.05) is 0 Å². The van der Waals surface area contributed by atoms with Crippen molar-refractivity contribution >= 4 is 11.9 Å². The van der Waals surface area contributed by atoms with Crippen LogP contribution in [0, 0.1) is 11.8 Å². The summed E-state index contributed by atoms with van der Waals surface area (Å²) in [7, 11) is 1.28. The van der Waals surface area contributed by atoms with Gasteiger partial charge in [-0.2, -0.15) is 0 Å². The van der Waals surface area contributed by atoms with Gasteiger partial charge in [0.25, 0.3) is 0 Å². The van der Waals surface area contributed by atoms with Gasteiger partial charge >= 0.3 is 5.97 Å². The lowest BCUT2D eigenvalue weighted by molar-refractivity contribution is -0.144. The van der Waals surface area contributed by atoms with Crippen LogP contribution in [0.3, 0.4) is 0 Å². The minimum Gasteiger partial charge on any atom is -0.469 e. The van der Waals surface area contributed by atoms with E-state index in [4.69, 9.17) is 4.74 Å². The molecule has 1 aliphatic carbocycles. The van der Waals surface area contributed by atoms with E-state index in [-0.39, 0.29) is 18.4 Å². The topological polar surface area (TPSA) is 64.6 Å². The smallest absolute Gasteiger partial charge is 0.315 e. The van der Waals surface area contributed by atoms with Gasteiger partial charge in [-0.3, -0.25) is 9.59 Å². The van der Waals surface area contributed by atoms with Crippen molar-refractivity contribution in [3.05, 3.63) is 0 Å². The Labute approximate surface area is 94.5 Å². The van der Waals surface area contributed by atoms with Crippen LogP contribution in [-0.2, 0) is 19.1 Å². The van der Waals surface area contributed by atoms with Gasteiger partial charge in [0.15, 0.2) is 0 Å². The van der Waals surface area contributed by atoms with E-state index in [0.29, 0.717) is 18.4 Å². The fourth-order valence-corrected chi connectivity index (χ4v) is 2.17. The lowest BCUT2D eigenvalue weighted by atomic mass is 9.98. The Morgan fingerprint density at radius 1 is 1.38 bits per heavy atom. The first-order chi connectivity index (χ1) is 7.70. The molecule has 0 radical (unpaired) electrons. The summed E-state index contributed by atoms with van der Waals surface area (Å²) >= 11 is 0. The Morgan fingerprint density at radius 2 is 2.12 bits per heavy atom. The highest BCUT2D eigenvalue weighted by molar-refractivity contribution is 5.94. The van der Waals surface area contributed by atoms with Crippen LogP contribution >= 0.6 is 0 Å². The maximum atomic E-state index is 11.5. The molecule has 16 heavy (non-hydrogen) atoms. The second-order valence-corrected chi connectivity index (χ2v) is 4.47. The molecule has 1 amide bonds. The lowest BCUT2D eigenvalue weighted by Crippen LogP contribution is -2.41. The fourth-order valence-electron chi connectivity index (χ4n) is 2.17. The van der Waals surface area contributed by atoms with Gasteiger partial charge in [-0.1, -0.05) is 0 Å². The summed E-state index contributed by atoms with van der Waals surface area (Å²) in [6, 6.07) is 0.0738. The number of methoxy groups -OCH3 is 1. The third kappa shape index (κ3) is 2.72. The van der Waals surface area contributed by atoms with Gasteiger partial charge in [0.05, 0.1) is 26.4 Å². The van der Waals surface area contributed by atoms with Crippen molar-refractivity contribution in [1.82, 2.24) is 5.32 Å². The lowest BCUT2D eigenvalue weighted by Gasteiger charge is -2.18. The van der Waals surface area contributed by atoms with Crippen LogP contribution in [0.1, 0.15) is 19.3 Å². The molecule has 1 N–H and O–H groups in total. The normalized spacial score (nSPS) is 28.8. The third-order valence-electron chi connectivity index (χ3n) is 3.23. The van der Waals surface area contributed by atoms with Gasteiger partial charge in [0.1, 0.15) is 6.42 Å². The molecular formula is C11H17NO4. The molecule has 0 spiro atoms. The number of carbonyl (C=O) groups is 2. The summed E-state index contributed by atoms with van der Waals surface area (Å²) < 4.78 is 9.81. The van der Waals surface area contributed by atoms with Crippen molar-refractivity contribution in [2.75, 3.05) is 20.3 Å². The molecule has 1 heterocycles. The Kier molecular flexibility index (Phi) is 3.43. The van der Waals surface area contributed by atoms with Crippen molar-refractivity contribution in [3.63, 3.8) is 0 Å². The first kappa shape index (κ1) is 11.4. The highest BCUT2D eigenvalue weighted by Gasteiger charge is 2.40. The molecule has 0 aromatic heterocycles. The molecular weight excluding hydrogens is 210 g/mol. The van der Waals surface area contributed by atoms with Crippen LogP contribution in [-0.4, -0.2) is 38.2 Å². The van der Waals surface area contributed by atoms with Gasteiger partial charge in [0, 0.05) is 5.92 Å². The standard InChI is InChI=1S/C11H17NO4/c1-15-11(14)4-10(13)12-9-6-16-5-8(9)7-2-3-7/h7-9H,2-6H2,1H3,(H,12,13). The van der Waals surface area contributed by atoms with Crippen LogP contribution in [0.25, 0.3) is 0 Å². The van der Waals surface area contributed by atoms with E-state index in [1.165, 1.54) is 20.0 Å². The average molecular weight is 227 g/mol. The Morgan fingerprint density at radius 3 is 2.75 bits per heavy atom. The Balaban J connectivity index is 1.79. The molecule has 90 valence electrons. The highest BCUT2D eigenvalue weighted by atomic mass is 16.5. The number of amides is 1. The predicted molar refractivity (Wildman–Crippen MR) is 55.6 cm³/mol. The zero-order valence-corrected chi connectivity index (χ0v) is 9.40. The summed E-state index contributed by atoms with van der Waals surface area (Å²) in [6.45, 7) is 1.29. The second kappa shape index (κ2) is 4.82. The van der Waals surface area contributed by atoms with E-state index in [0.717, 1.165) is 6.61 Å². The predicted octanol–water partition coefficient (Wildman–Crippen LogP) is 0.0907. The molecule has 2 atom stereocenters. The fraction of sp³-hybridized carbons (Fsp3) is 0.818. The number of ether oxygens (including phenoxy) is 2. The summed E-state index contributed by atoms with van der Waals surface area (Å²) in [5.74, 6) is 0.361. The first-order valence-corrected chi connectivity index (χ1v) is 5.64. The van der Waals surface area contributed by atoms with Crippen molar-refractivity contribution < 1.29 is 19.1 Å². The van der Waals surface area contributed by atoms with Gasteiger partial charge in [0.2, 0.25) is 5.91 Å². The molecule has 2 aliphatic rings. The van der Waals surface area contributed by atoms with Crippen LogP contribution in [0.2, 0.25) is 0 Å². The number of nitrogens with one attached hydrogen (secondary N) is 1. The summed E-state index contributed by atoms with van der Waals surface area (Å²) in [6.07, 6.45) is 2.26. The maximum Gasteiger partial charge on any atom is 0.315 e. The van der Waals surface area contributed by atoms with Crippen molar-refractivity contribution in [2.24, 2.45) is 11.8 Å². The zero-order chi connectivity index (χ0) is 11.5. The summed E-state index contributed by atoms with van der Waals surface area (Å²) in [4.78, 5) is 22.4. The van der Waals surface area contributed by atoms with Gasteiger partial charge < -0.3 is 14.8 Å². The first-order valence-electron chi connectivity index (χ1n) is 5.64. The molecule has 0 bridgehead atoms. The van der Waals surface area contributed by atoms with Gasteiger partial charge in [-0.05, 0) is 18.8 Å². The molecule has 1 saturated carbocycles. The van der Waals surface area contributed by atoms with E-state index in [9.17, 15) is 9.59 Å². The number of hydrogen-bond acceptors (Lipinski definition) is 4. The number of carbonyl (C=O) groups excluding carboxylic acids is 2. The molecule has 5 nitrogen and oxygen atoms in total. The quantitative estimate of drug-likeness (QED) is 0.546. The van der Waals surface area contributed by atoms with E-state index >= 15 is 0 Å². The summed E-state index contributed by atoms with van der Waals surface area (Å²) in [5.41, 5.74) is 0. The molecule has 1 saturated heterocycles. The van der Waals surface area contributed by atoms with Crippen LogP contribution < -0.4 is 5.32 Å². The average Bonchev–Trinajstić information content (AvgIpc) is 3.00. The second-order valence-electron chi connectivity index (χ2n) is 4.47. The Hall–Kier alpha value is -1.10. The molecule has 1 aliphatic heterocycles. The molecule has 2 rings (SSSR count). The molecule has 2 fully saturated rings. The van der Waals surface area contributed by atoms with E-state index < -0.39 is 5.97 Å². The summed E-state index contributed by atoms with van der Waals surface area (Å²) in [5, 5.41) is 2.85. The number of esters is 1. The molecule has 2 unspecified atom stereocenters. The minimum absolute atomic E-state index is 0.0738. The largest absolute Gasteiger partial charge is 0.469 e. The number of rotatable bonds is 4. The van der Waals surface area contributed by atoms with Crippen LogP contribution in [0.4, 0.5) is 0 Å². The number of hydrogen-bond donors (Lipinski definition) is 1. The van der Waals surface area contributed by atoms with Crippen LogP contribution in [0.5, 0.6) is 0 Å². The minimum atomic E-state index is -0.501. The molecule has 5 heteroatoms. The van der Waals surface area contributed by atoms with E-state index in [2.05, 4.69) is 10.1 Å². The zero-order valence-electron chi connectivity index (χ0n) is 9.40. The third-order valence-corrected chi connectivity index (χ3v) is 3.23.